The molecule has 1 aromatic heterocycles. The fourth-order valence-corrected chi connectivity index (χ4v) is 3.98. The number of carbonyl (C=O) groups excluding carboxylic acids is 1. The maximum Gasteiger partial charge on any atom is 0.282 e. The first-order valence-electron chi connectivity index (χ1n) is 9.86. The van der Waals surface area contributed by atoms with Gasteiger partial charge in [0.25, 0.3) is 5.56 Å². The van der Waals surface area contributed by atoms with E-state index in [1.165, 1.54) is 11.8 Å². The summed E-state index contributed by atoms with van der Waals surface area (Å²) in [4.78, 5) is 26.2. The topological polar surface area (TPSA) is 70.4 Å². The molecule has 6 heteroatoms. The molecule has 2 aromatic rings. The first kappa shape index (κ1) is 20.1. The second kappa shape index (κ2) is 8.59. The molecule has 1 heterocycles. The fraction of sp³-hybridized carbons (Fsp3) is 0.500. The predicted octanol–water partition coefficient (Wildman–Crippen LogP) is 3.96. The van der Waals surface area contributed by atoms with Crippen LogP contribution in [0.25, 0.3) is 5.69 Å². The molecule has 0 bridgehead atoms. The number of aryl methyl sites for hydroxylation is 1. The van der Waals surface area contributed by atoms with Crippen molar-refractivity contribution < 1.29 is 14.3 Å². The van der Waals surface area contributed by atoms with Crippen LogP contribution in [0.5, 0.6) is 11.5 Å². The highest BCUT2D eigenvalue weighted by atomic mass is 16.5. The maximum atomic E-state index is 13.1. The number of aromatic nitrogens is 2. The Kier molecular flexibility index (Phi) is 6.17. The molecular formula is C22H28N2O4. The monoisotopic (exact) mass is 384 g/mol. The van der Waals surface area contributed by atoms with Gasteiger partial charge in [-0.15, -0.1) is 0 Å². The molecule has 1 aliphatic carbocycles. The molecule has 1 aromatic carbocycles. The van der Waals surface area contributed by atoms with Gasteiger partial charge in [-0.2, -0.15) is 9.78 Å². The lowest BCUT2D eigenvalue weighted by Crippen LogP contribution is -2.32. The number of ketones is 1. The number of carbonyl (C=O) groups is 1. The summed E-state index contributed by atoms with van der Waals surface area (Å²) in [6, 6.07) is 6.76. The Morgan fingerprint density at radius 1 is 1.11 bits per heavy atom. The summed E-state index contributed by atoms with van der Waals surface area (Å²) in [6.45, 7) is 3.99. The number of benzene rings is 1. The minimum Gasteiger partial charge on any atom is -0.493 e. The highest BCUT2D eigenvalue weighted by Gasteiger charge is 2.28. The molecule has 0 atom stereocenters. The molecule has 3 rings (SSSR count). The Balaban J connectivity index is 1.97. The molecule has 0 amide bonds. The van der Waals surface area contributed by atoms with E-state index in [2.05, 4.69) is 12.0 Å². The minimum atomic E-state index is -0.388. The van der Waals surface area contributed by atoms with Crippen LogP contribution >= 0.6 is 0 Å². The Morgan fingerprint density at radius 2 is 1.79 bits per heavy atom. The molecule has 0 unspecified atom stereocenters. The molecule has 6 nitrogen and oxygen atoms in total. The van der Waals surface area contributed by atoms with E-state index in [-0.39, 0.29) is 22.8 Å². The number of Topliss-reactive ketones (excluding diaryl/α,β-unsaturated/α-hetero) is 1. The van der Waals surface area contributed by atoms with Crippen LogP contribution in [0.3, 0.4) is 0 Å². The van der Waals surface area contributed by atoms with Gasteiger partial charge in [-0.25, -0.2) is 0 Å². The van der Waals surface area contributed by atoms with E-state index < -0.39 is 0 Å². The third-order valence-electron chi connectivity index (χ3n) is 5.71. The van der Waals surface area contributed by atoms with Crippen molar-refractivity contribution in [1.82, 2.24) is 9.78 Å². The Bertz CT molecular complexity index is 911. The van der Waals surface area contributed by atoms with Crippen molar-refractivity contribution in [3.63, 3.8) is 0 Å². The molecule has 1 fully saturated rings. The Hall–Kier alpha value is -2.63. The third kappa shape index (κ3) is 3.96. The van der Waals surface area contributed by atoms with Crippen molar-refractivity contribution in [3.05, 3.63) is 45.9 Å². The van der Waals surface area contributed by atoms with Crippen LogP contribution in [0.15, 0.2) is 29.1 Å². The quantitative estimate of drug-likeness (QED) is 0.705. The fourth-order valence-electron chi connectivity index (χ4n) is 3.98. The van der Waals surface area contributed by atoms with Crippen molar-refractivity contribution in [2.24, 2.45) is 11.8 Å². The van der Waals surface area contributed by atoms with E-state index in [9.17, 15) is 9.59 Å². The molecule has 1 saturated carbocycles. The predicted molar refractivity (Wildman–Crippen MR) is 108 cm³/mol. The van der Waals surface area contributed by atoms with Gasteiger partial charge in [-0.3, -0.25) is 9.59 Å². The molecule has 0 saturated heterocycles. The third-order valence-corrected chi connectivity index (χ3v) is 5.71. The summed E-state index contributed by atoms with van der Waals surface area (Å²) >= 11 is 0. The molecular weight excluding hydrogens is 356 g/mol. The SMILES string of the molecule is CCC1CCC(C(=O)c2cc(C)nn(-c3ccc(OC)c(OC)c3)c2=O)CC1. The largest absolute Gasteiger partial charge is 0.493 e. The van der Waals surface area contributed by atoms with Crippen LogP contribution in [0.2, 0.25) is 0 Å². The minimum absolute atomic E-state index is 0.0562. The number of nitrogens with zero attached hydrogens (tertiary/aromatic N) is 2. The second-order valence-electron chi connectivity index (χ2n) is 7.45. The molecule has 0 aliphatic heterocycles. The number of hydrogen-bond acceptors (Lipinski definition) is 5. The van der Waals surface area contributed by atoms with Gasteiger partial charge in [0, 0.05) is 12.0 Å². The van der Waals surface area contributed by atoms with Crippen molar-refractivity contribution in [1.29, 1.82) is 0 Å². The number of rotatable bonds is 6. The van der Waals surface area contributed by atoms with E-state index in [4.69, 9.17) is 9.47 Å². The van der Waals surface area contributed by atoms with Crippen molar-refractivity contribution in [2.45, 2.75) is 46.0 Å². The van der Waals surface area contributed by atoms with E-state index >= 15 is 0 Å². The molecule has 0 radical (unpaired) electrons. The maximum absolute atomic E-state index is 13.1. The lowest BCUT2D eigenvalue weighted by molar-refractivity contribution is 0.0868. The number of ether oxygens (including phenoxy) is 2. The first-order valence-corrected chi connectivity index (χ1v) is 9.86. The van der Waals surface area contributed by atoms with Gasteiger partial charge in [-0.05, 0) is 56.7 Å². The molecule has 28 heavy (non-hydrogen) atoms. The van der Waals surface area contributed by atoms with Crippen LogP contribution in [0.1, 0.15) is 55.1 Å². The first-order chi connectivity index (χ1) is 13.5. The molecule has 1 aliphatic rings. The standard InChI is InChI=1S/C22H28N2O4/c1-5-15-6-8-16(9-7-15)21(25)18-12-14(2)23-24(22(18)26)17-10-11-19(27-3)20(13-17)28-4/h10-13,15-16H,5-9H2,1-4H3. The summed E-state index contributed by atoms with van der Waals surface area (Å²) in [7, 11) is 3.09. The smallest absolute Gasteiger partial charge is 0.282 e. The van der Waals surface area contributed by atoms with E-state index in [0.717, 1.165) is 32.1 Å². The van der Waals surface area contributed by atoms with E-state index in [1.54, 1.807) is 38.3 Å². The van der Waals surface area contributed by atoms with Gasteiger partial charge in [0.05, 0.1) is 31.2 Å². The molecule has 0 N–H and O–H groups in total. The zero-order valence-electron chi connectivity index (χ0n) is 17.0. The van der Waals surface area contributed by atoms with Crippen LogP contribution in [0, 0.1) is 18.8 Å². The summed E-state index contributed by atoms with van der Waals surface area (Å²) < 4.78 is 11.9. The van der Waals surface area contributed by atoms with Crippen molar-refractivity contribution >= 4 is 5.78 Å². The van der Waals surface area contributed by atoms with Gasteiger partial charge < -0.3 is 9.47 Å². The van der Waals surface area contributed by atoms with Gasteiger partial charge in [0.2, 0.25) is 0 Å². The lowest BCUT2D eigenvalue weighted by atomic mass is 9.78. The highest BCUT2D eigenvalue weighted by Crippen LogP contribution is 2.32. The van der Waals surface area contributed by atoms with Gasteiger partial charge in [0.15, 0.2) is 17.3 Å². The Labute approximate surface area is 165 Å². The van der Waals surface area contributed by atoms with Crippen LogP contribution in [-0.2, 0) is 0 Å². The average molecular weight is 384 g/mol. The Morgan fingerprint density at radius 3 is 2.39 bits per heavy atom. The zero-order valence-corrected chi connectivity index (χ0v) is 17.0. The van der Waals surface area contributed by atoms with Crippen LogP contribution in [-0.4, -0.2) is 29.8 Å². The summed E-state index contributed by atoms with van der Waals surface area (Å²) in [5, 5.41) is 4.34. The summed E-state index contributed by atoms with van der Waals surface area (Å²) in [6.07, 6.45) is 4.98. The summed E-state index contributed by atoms with van der Waals surface area (Å²) in [5.74, 6) is 1.64. The average Bonchev–Trinajstić information content (AvgIpc) is 2.74. The van der Waals surface area contributed by atoms with Gasteiger partial charge >= 0.3 is 0 Å². The zero-order chi connectivity index (χ0) is 20.3. The highest BCUT2D eigenvalue weighted by molar-refractivity contribution is 5.97. The van der Waals surface area contributed by atoms with Crippen molar-refractivity contribution in [2.75, 3.05) is 14.2 Å². The number of hydrogen-bond donors (Lipinski definition) is 0. The van der Waals surface area contributed by atoms with Gasteiger partial charge in [0.1, 0.15) is 0 Å². The molecule has 150 valence electrons. The van der Waals surface area contributed by atoms with E-state index in [0.29, 0.717) is 28.8 Å². The number of methoxy groups -OCH3 is 2. The molecule has 0 spiro atoms. The van der Waals surface area contributed by atoms with Gasteiger partial charge in [-0.1, -0.05) is 13.3 Å². The van der Waals surface area contributed by atoms with Crippen LogP contribution < -0.4 is 15.0 Å². The lowest BCUT2D eigenvalue weighted by Gasteiger charge is -2.26. The normalized spacial score (nSPS) is 19.3. The second-order valence-corrected chi connectivity index (χ2v) is 7.45. The van der Waals surface area contributed by atoms with Crippen LogP contribution in [0.4, 0.5) is 0 Å². The summed E-state index contributed by atoms with van der Waals surface area (Å²) in [5.41, 5.74) is 0.998. The van der Waals surface area contributed by atoms with E-state index in [1.807, 2.05) is 0 Å². The van der Waals surface area contributed by atoms with Crippen molar-refractivity contribution in [3.8, 4) is 17.2 Å².